The van der Waals surface area contributed by atoms with Gasteiger partial charge in [0.15, 0.2) is 6.04 Å². The number of nitrogens with zero attached hydrogens (tertiary/aromatic N) is 1. The van der Waals surface area contributed by atoms with Crippen LogP contribution in [0.3, 0.4) is 0 Å². The largest absolute Gasteiger partial charge is 0.385 e. The second-order valence-corrected chi connectivity index (χ2v) is 12.9. The summed E-state index contributed by atoms with van der Waals surface area (Å²) in [6.45, 7) is 6.34. The smallest absolute Gasteiger partial charge is 0.241 e. The number of likely N-dealkylation sites (tertiary alicyclic amines) is 1. The van der Waals surface area contributed by atoms with Crippen molar-refractivity contribution in [1.82, 2.24) is 0 Å². The molecule has 0 aliphatic carbocycles. The second-order valence-electron chi connectivity index (χ2n) is 7.33. The number of rotatable bonds is 7. The lowest BCUT2D eigenvalue weighted by Gasteiger charge is -2.48. The summed E-state index contributed by atoms with van der Waals surface area (Å²) < 4.78 is 7.15. The molecule has 1 aliphatic rings. The van der Waals surface area contributed by atoms with Crippen molar-refractivity contribution in [2.45, 2.75) is 51.4 Å². The summed E-state index contributed by atoms with van der Waals surface area (Å²) >= 11 is 3.46. The van der Waals surface area contributed by atoms with Crippen LogP contribution in [0.15, 0.2) is 59.1 Å². The van der Waals surface area contributed by atoms with Gasteiger partial charge in [-0.15, -0.1) is 0 Å². The molecule has 2 atom stereocenters. The first-order valence-electron chi connectivity index (χ1n) is 9.90. The highest BCUT2D eigenvalue weighted by atomic mass is 79.9. The summed E-state index contributed by atoms with van der Waals surface area (Å²) in [5, 5.41) is 0. The standard InChI is InChI=1S/C22H27BrNO3Si/c1-4-28(5-2,6-3)27-24(22(26)18-10-8-7-9-11-18)20(16-21(24)25)17-12-14-19(23)15-13-17/h7-15,20H,4-6,16H2,1-3H3/q+1. The first-order valence-corrected chi connectivity index (χ1v) is 13.2. The molecular formula is C22H27BrNO3Si+. The maximum absolute atomic E-state index is 13.7. The monoisotopic (exact) mass is 460 g/mol. The number of carbonyl (C=O) groups is 2. The molecule has 4 nitrogen and oxygen atoms in total. The predicted molar refractivity (Wildman–Crippen MR) is 116 cm³/mol. The van der Waals surface area contributed by atoms with Crippen LogP contribution < -0.4 is 0 Å². The van der Waals surface area contributed by atoms with Gasteiger partial charge in [-0.2, -0.15) is 0 Å². The predicted octanol–water partition coefficient (Wildman–Crippen LogP) is 6.01. The fourth-order valence-electron chi connectivity index (χ4n) is 3.94. The minimum absolute atomic E-state index is 0.144. The molecule has 0 aromatic heterocycles. The third kappa shape index (κ3) is 3.54. The summed E-state index contributed by atoms with van der Waals surface area (Å²) in [6, 6.07) is 19.2. The highest BCUT2D eigenvalue weighted by molar-refractivity contribution is 9.10. The minimum atomic E-state index is -2.22. The van der Waals surface area contributed by atoms with Crippen molar-refractivity contribution in [3.05, 3.63) is 70.2 Å². The van der Waals surface area contributed by atoms with E-state index >= 15 is 0 Å². The van der Waals surface area contributed by atoms with E-state index in [1.165, 1.54) is 0 Å². The van der Waals surface area contributed by atoms with Gasteiger partial charge < -0.3 is 0 Å². The number of quaternary nitrogens is 1. The van der Waals surface area contributed by atoms with Crippen molar-refractivity contribution in [1.29, 1.82) is 0 Å². The van der Waals surface area contributed by atoms with E-state index in [2.05, 4.69) is 36.7 Å². The molecule has 1 saturated heterocycles. The molecule has 3 rings (SSSR count). The number of carbonyl (C=O) groups excluding carboxylic acids is 2. The lowest BCUT2D eigenvalue weighted by atomic mass is 9.91. The quantitative estimate of drug-likeness (QED) is 0.219. The number of hydrogen-bond donors (Lipinski definition) is 0. The zero-order chi connectivity index (χ0) is 20.4. The number of amides is 2. The highest BCUT2D eigenvalue weighted by Crippen LogP contribution is 2.47. The molecule has 6 heteroatoms. The van der Waals surface area contributed by atoms with Gasteiger partial charge in [0.05, 0.1) is 5.56 Å². The average Bonchev–Trinajstić information content (AvgIpc) is 2.74. The number of β-lactam (4-membered cyclic amide) rings is 1. The van der Waals surface area contributed by atoms with Crippen LogP contribution in [0, 0.1) is 0 Å². The van der Waals surface area contributed by atoms with Gasteiger partial charge in [0, 0.05) is 10.0 Å². The third-order valence-electron chi connectivity index (χ3n) is 6.03. The van der Waals surface area contributed by atoms with Crippen molar-refractivity contribution in [2.24, 2.45) is 0 Å². The summed E-state index contributed by atoms with van der Waals surface area (Å²) in [5.74, 6) is -0.397. The number of imide groups is 1. The molecular weight excluding hydrogens is 434 g/mol. The minimum Gasteiger partial charge on any atom is -0.241 e. The number of halogens is 1. The lowest BCUT2D eigenvalue weighted by molar-refractivity contribution is -1.00. The Kier molecular flexibility index (Phi) is 6.34. The summed E-state index contributed by atoms with van der Waals surface area (Å²) in [4.78, 5) is 26.8. The molecule has 2 unspecified atom stereocenters. The Balaban J connectivity index is 2.11. The van der Waals surface area contributed by atoms with Crippen LogP contribution in [-0.4, -0.2) is 24.8 Å². The second kappa shape index (κ2) is 8.41. The molecule has 0 bridgehead atoms. The zero-order valence-electron chi connectivity index (χ0n) is 16.7. The van der Waals surface area contributed by atoms with E-state index in [0.29, 0.717) is 12.0 Å². The first kappa shape index (κ1) is 21.1. The summed E-state index contributed by atoms with van der Waals surface area (Å²) in [5.41, 5.74) is 1.47. The fourth-order valence-corrected chi connectivity index (χ4v) is 7.01. The Morgan fingerprint density at radius 2 is 1.61 bits per heavy atom. The van der Waals surface area contributed by atoms with Gasteiger partial charge in [0.25, 0.3) is 8.32 Å². The molecule has 0 saturated carbocycles. The van der Waals surface area contributed by atoms with E-state index in [1.807, 2.05) is 42.5 Å². The molecule has 0 radical (unpaired) electrons. The molecule has 1 heterocycles. The Hall–Kier alpha value is -1.60. The molecule has 2 aromatic carbocycles. The van der Waals surface area contributed by atoms with E-state index < -0.39 is 13.0 Å². The molecule has 0 spiro atoms. The van der Waals surface area contributed by atoms with Crippen molar-refractivity contribution < 1.29 is 18.8 Å². The SMILES string of the molecule is CC[Si](CC)(CC)O[N+]1(C(=O)c2ccccc2)C(=O)CC1c1ccc(Br)cc1. The normalized spacial score (nSPS) is 22.0. The van der Waals surface area contributed by atoms with Gasteiger partial charge in [-0.25, -0.2) is 14.1 Å². The molecule has 148 valence electrons. The molecule has 1 aliphatic heterocycles. The van der Waals surface area contributed by atoms with Crippen molar-refractivity contribution >= 4 is 36.1 Å². The van der Waals surface area contributed by atoms with Gasteiger partial charge in [-0.3, -0.25) is 0 Å². The number of hydroxylamine groups is 3. The van der Waals surface area contributed by atoms with Gasteiger partial charge in [0.1, 0.15) is 6.42 Å². The van der Waals surface area contributed by atoms with Crippen LogP contribution in [0.1, 0.15) is 49.2 Å². The Morgan fingerprint density at radius 1 is 1.04 bits per heavy atom. The first-order chi connectivity index (χ1) is 13.4. The van der Waals surface area contributed by atoms with Gasteiger partial charge >= 0.3 is 11.8 Å². The Bertz CT molecular complexity index is 844. The maximum atomic E-state index is 13.7. The Labute approximate surface area is 176 Å². The third-order valence-corrected chi connectivity index (χ3v) is 11.1. The van der Waals surface area contributed by atoms with Crippen LogP contribution >= 0.6 is 15.9 Å². The molecule has 0 N–H and O–H groups in total. The van der Waals surface area contributed by atoms with Crippen molar-refractivity contribution in [3.63, 3.8) is 0 Å². The van der Waals surface area contributed by atoms with Gasteiger partial charge in [-0.1, -0.05) is 71.7 Å². The van der Waals surface area contributed by atoms with Crippen LogP contribution in [0.4, 0.5) is 0 Å². The fraction of sp³-hybridized carbons (Fsp3) is 0.364. The van der Waals surface area contributed by atoms with Crippen LogP contribution in [0.25, 0.3) is 0 Å². The van der Waals surface area contributed by atoms with E-state index in [4.69, 9.17) is 4.53 Å². The average molecular weight is 461 g/mol. The molecule has 2 aromatic rings. The van der Waals surface area contributed by atoms with E-state index in [1.54, 1.807) is 12.1 Å². The molecule has 1 fully saturated rings. The van der Waals surface area contributed by atoms with Gasteiger partial charge in [0.2, 0.25) is 0 Å². The highest BCUT2D eigenvalue weighted by Gasteiger charge is 2.66. The zero-order valence-corrected chi connectivity index (χ0v) is 19.2. The van der Waals surface area contributed by atoms with Crippen molar-refractivity contribution in [3.8, 4) is 0 Å². The number of hydrogen-bond acceptors (Lipinski definition) is 3. The van der Waals surface area contributed by atoms with Gasteiger partial charge in [-0.05, 0) is 42.4 Å². The molecule has 28 heavy (non-hydrogen) atoms. The van der Waals surface area contributed by atoms with Crippen LogP contribution in [0.5, 0.6) is 0 Å². The summed E-state index contributed by atoms with van der Waals surface area (Å²) in [7, 11) is -2.22. The lowest BCUT2D eigenvalue weighted by Crippen LogP contribution is -2.70. The maximum Gasteiger partial charge on any atom is 0.385 e. The van der Waals surface area contributed by atoms with Crippen LogP contribution in [-0.2, 0) is 9.32 Å². The van der Waals surface area contributed by atoms with E-state index in [9.17, 15) is 9.59 Å². The van der Waals surface area contributed by atoms with Crippen LogP contribution in [0.2, 0.25) is 18.1 Å². The molecule has 2 amide bonds. The topological polar surface area (TPSA) is 43.4 Å². The van der Waals surface area contributed by atoms with Crippen molar-refractivity contribution in [2.75, 3.05) is 0 Å². The Morgan fingerprint density at radius 3 is 2.11 bits per heavy atom. The van der Waals surface area contributed by atoms with E-state index in [-0.39, 0.29) is 17.9 Å². The number of benzene rings is 2. The summed E-state index contributed by atoms with van der Waals surface area (Å²) in [6.07, 6.45) is 0.321. The van der Waals surface area contributed by atoms with E-state index in [0.717, 1.165) is 28.2 Å².